The Kier molecular flexibility index (Phi) is 6.24. The first-order valence-electron chi connectivity index (χ1n) is 8.35. The maximum absolute atomic E-state index is 12.3. The third kappa shape index (κ3) is 4.51. The van der Waals surface area contributed by atoms with E-state index in [9.17, 15) is 4.79 Å². The Hall–Kier alpha value is -2.49. The number of carbonyl (C=O) groups excluding carboxylic acids is 1. The highest BCUT2D eigenvalue weighted by Gasteiger charge is 2.09. The standard InChI is InChI=1S/C20H26N2O2/c1-5-22(6-2)17-9-12-19(15(3)13-17)21-20(23)14-16-7-10-18(24-4)11-8-16/h7-13H,5-6,14H2,1-4H3,(H,21,23). The van der Waals surface area contributed by atoms with Gasteiger partial charge in [0, 0.05) is 24.5 Å². The molecule has 0 spiro atoms. The second-order valence-corrected chi connectivity index (χ2v) is 5.74. The highest BCUT2D eigenvalue weighted by Crippen LogP contribution is 2.23. The van der Waals surface area contributed by atoms with Crippen molar-refractivity contribution in [2.75, 3.05) is 30.4 Å². The number of anilines is 2. The molecule has 0 unspecified atom stereocenters. The summed E-state index contributed by atoms with van der Waals surface area (Å²) in [6.45, 7) is 8.25. The van der Waals surface area contributed by atoms with Gasteiger partial charge in [-0.05, 0) is 62.2 Å². The topological polar surface area (TPSA) is 41.6 Å². The van der Waals surface area contributed by atoms with E-state index in [4.69, 9.17) is 4.74 Å². The van der Waals surface area contributed by atoms with E-state index in [-0.39, 0.29) is 5.91 Å². The Morgan fingerprint density at radius 2 is 1.75 bits per heavy atom. The van der Waals surface area contributed by atoms with Crippen LogP contribution in [0.3, 0.4) is 0 Å². The van der Waals surface area contributed by atoms with Crippen molar-refractivity contribution in [2.45, 2.75) is 27.2 Å². The predicted molar refractivity (Wildman–Crippen MR) is 100 cm³/mol. The third-order valence-electron chi connectivity index (χ3n) is 4.14. The number of nitrogens with one attached hydrogen (secondary N) is 1. The molecule has 4 nitrogen and oxygen atoms in total. The van der Waals surface area contributed by atoms with E-state index in [1.807, 2.05) is 37.3 Å². The fraction of sp³-hybridized carbons (Fsp3) is 0.350. The first-order valence-corrected chi connectivity index (χ1v) is 8.35. The van der Waals surface area contributed by atoms with Crippen molar-refractivity contribution < 1.29 is 9.53 Å². The minimum Gasteiger partial charge on any atom is -0.497 e. The van der Waals surface area contributed by atoms with Crippen LogP contribution in [0.4, 0.5) is 11.4 Å². The fourth-order valence-corrected chi connectivity index (χ4v) is 2.70. The average molecular weight is 326 g/mol. The van der Waals surface area contributed by atoms with E-state index >= 15 is 0 Å². The van der Waals surface area contributed by atoms with Gasteiger partial charge < -0.3 is 15.0 Å². The second kappa shape index (κ2) is 8.39. The molecule has 0 aliphatic carbocycles. The molecule has 0 saturated heterocycles. The molecule has 0 saturated carbocycles. The highest BCUT2D eigenvalue weighted by molar-refractivity contribution is 5.93. The summed E-state index contributed by atoms with van der Waals surface area (Å²) in [7, 11) is 1.63. The normalized spacial score (nSPS) is 10.3. The lowest BCUT2D eigenvalue weighted by atomic mass is 10.1. The number of nitrogens with zero attached hydrogens (tertiary/aromatic N) is 1. The van der Waals surface area contributed by atoms with E-state index < -0.39 is 0 Å². The van der Waals surface area contributed by atoms with Gasteiger partial charge in [0.05, 0.1) is 13.5 Å². The fourth-order valence-electron chi connectivity index (χ4n) is 2.70. The molecule has 2 aromatic rings. The van der Waals surface area contributed by atoms with Crippen molar-refractivity contribution in [2.24, 2.45) is 0 Å². The zero-order valence-corrected chi connectivity index (χ0v) is 14.9. The average Bonchev–Trinajstić information content (AvgIpc) is 2.59. The predicted octanol–water partition coefficient (Wildman–Crippen LogP) is 4.03. The molecular weight excluding hydrogens is 300 g/mol. The summed E-state index contributed by atoms with van der Waals surface area (Å²) in [5, 5.41) is 3.00. The van der Waals surface area contributed by atoms with Gasteiger partial charge in [0.15, 0.2) is 0 Å². The number of hydrogen-bond acceptors (Lipinski definition) is 3. The summed E-state index contributed by atoms with van der Waals surface area (Å²) in [6.07, 6.45) is 0.348. The molecule has 4 heteroatoms. The van der Waals surface area contributed by atoms with E-state index in [0.29, 0.717) is 6.42 Å². The van der Waals surface area contributed by atoms with Crippen molar-refractivity contribution in [1.82, 2.24) is 0 Å². The van der Waals surface area contributed by atoms with Crippen LogP contribution in [0.1, 0.15) is 25.0 Å². The van der Waals surface area contributed by atoms with Gasteiger partial charge in [-0.1, -0.05) is 12.1 Å². The van der Waals surface area contributed by atoms with Gasteiger partial charge in [-0.15, -0.1) is 0 Å². The van der Waals surface area contributed by atoms with Gasteiger partial charge in [0.2, 0.25) is 5.91 Å². The first-order chi connectivity index (χ1) is 11.6. The van der Waals surface area contributed by atoms with Gasteiger partial charge in [0.25, 0.3) is 0 Å². The van der Waals surface area contributed by atoms with E-state index in [0.717, 1.165) is 35.7 Å². The quantitative estimate of drug-likeness (QED) is 0.835. The van der Waals surface area contributed by atoms with Gasteiger partial charge >= 0.3 is 0 Å². The van der Waals surface area contributed by atoms with Crippen LogP contribution in [0.25, 0.3) is 0 Å². The molecule has 2 rings (SSSR count). The van der Waals surface area contributed by atoms with Crippen molar-refractivity contribution in [3.63, 3.8) is 0 Å². The van der Waals surface area contributed by atoms with Crippen LogP contribution >= 0.6 is 0 Å². The Labute approximate surface area is 144 Å². The van der Waals surface area contributed by atoms with Crippen LogP contribution in [0, 0.1) is 6.92 Å². The SMILES string of the molecule is CCN(CC)c1ccc(NC(=O)Cc2ccc(OC)cc2)c(C)c1. The molecular formula is C20H26N2O2. The molecule has 0 bridgehead atoms. The van der Waals surface area contributed by atoms with E-state index in [1.54, 1.807) is 7.11 Å². The summed E-state index contributed by atoms with van der Waals surface area (Å²) < 4.78 is 5.13. The van der Waals surface area contributed by atoms with Crippen LogP contribution in [0.15, 0.2) is 42.5 Å². The Bertz CT molecular complexity index is 677. The molecule has 128 valence electrons. The summed E-state index contributed by atoms with van der Waals surface area (Å²) in [4.78, 5) is 14.6. The first kappa shape index (κ1) is 17.9. The van der Waals surface area contributed by atoms with Crippen molar-refractivity contribution >= 4 is 17.3 Å². The van der Waals surface area contributed by atoms with Gasteiger partial charge in [0.1, 0.15) is 5.75 Å². The smallest absolute Gasteiger partial charge is 0.228 e. The molecule has 24 heavy (non-hydrogen) atoms. The minimum atomic E-state index is -0.0149. The van der Waals surface area contributed by atoms with E-state index in [2.05, 4.69) is 36.2 Å². The van der Waals surface area contributed by atoms with Crippen LogP contribution < -0.4 is 15.0 Å². The summed E-state index contributed by atoms with van der Waals surface area (Å²) in [5.41, 5.74) is 4.09. The zero-order valence-electron chi connectivity index (χ0n) is 14.9. The molecule has 2 aromatic carbocycles. The molecule has 0 radical (unpaired) electrons. The monoisotopic (exact) mass is 326 g/mol. The van der Waals surface area contributed by atoms with Crippen molar-refractivity contribution in [3.8, 4) is 5.75 Å². The summed E-state index contributed by atoms with van der Waals surface area (Å²) in [6, 6.07) is 13.7. The molecule has 0 aromatic heterocycles. The Balaban J connectivity index is 2.02. The summed E-state index contributed by atoms with van der Waals surface area (Å²) >= 11 is 0. The van der Waals surface area contributed by atoms with Gasteiger partial charge in [-0.2, -0.15) is 0 Å². The molecule has 0 atom stereocenters. The van der Waals surface area contributed by atoms with Crippen LogP contribution in [-0.2, 0) is 11.2 Å². The number of aryl methyl sites for hydroxylation is 1. The van der Waals surface area contributed by atoms with Gasteiger partial charge in [-0.25, -0.2) is 0 Å². The lowest BCUT2D eigenvalue weighted by Crippen LogP contribution is -2.22. The Morgan fingerprint density at radius 1 is 1.08 bits per heavy atom. The molecule has 1 amide bonds. The van der Waals surface area contributed by atoms with E-state index in [1.165, 1.54) is 5.69 Å². The highest BCUT2D eigenvalue weighted by atomic mass is 16.5. The molecule has 0 aliphatic rings. The number of methoxy groups -OCH3 is 1. The maximum Gasteiger partial charge on any atom is 0.228 e. The number of rotatable bonds is 7. The second-order valence-electron chi connectivity index (χ2n) is 5.74. The van der Waals surface area contributed by atoms with Crippen LogP contribution in [0.2, 0.25) is 0 Å². The zero-order chi connectivity index (χ0) is 17.5. The third-order valence-corrected chi connectivity index (χ3v) is 4.14. The van der Waals surface area contributed by atoms with Crippen molar-refractivity contribution in [3.05, 3.63) is 53.6 Å². The molecule has 0 aliphatic heterocycles. The summed E-state index contributed by atoms with van der Waals surface area (Å²) in [5.74, 6) is 0.779. The van der Waals surface area contributed by atoms with Crippen LogP contribution in [0.5, 0.6) is 5.75 Å². The molecule has 0 heterocycles. The molecule has 0 fully saturated rings. The van der Waals surface area contributed by atoms with Crippen LogP contribution in [-0.4, -0.2) is 26.1 Å². The number of carbonyl (C=O) groups is 1. The molecule has 1 N–H and O–H groups in total. The minimum absolute atomic E-state index is 0.0149. The number of hydrogen-bond donors (Lipinski definition) is 1. The number of benzene rings is 2. The number of ether oxygens (including phenoxy) is 1. The number of amides is 1. The Morgan fingerprint density at radius 3 is 2.29 bits per heavy atom. The maximum atomic E-state index is 12.3. The van der Waals surface area contributed by atoms with Gasteiger partial charge in [-0.3, -0.25) is 4.79 Å². The largest absolute Gasteiger partial charge is 0.497 e. The van der Waals surface area contributed by atoms with Crippen molar-refractivity contribution in [1.29, 1.82) is 0 Å². The lowest BCUT2D eigenvalue weighted by molar-refractivity contribution is -0.115. The lowest BCUT2D eigenvalue weighted by Gasteiger charge is -2.22.